The molecule has 26 heavy (non-hydrogen) atoms. The molecule has 0 aliphatic rings. The lowest BCUT2D eigenvalue weighted by molar-refractivity contribution is 0.0600. The minimum Gasteiger partial charge on any atom is -0.478 e. The van der Waals surface area contributed by atoms with Crippen LogP contribution in [0.2, 0.25) is 5.02 Å². The van der Waals surface area contributed by atoms with Gasteiger partial charge in [0.15, 0.2) is 0 Å². The first kappa shape index (κ1) is 17.9. The Labute approximate surface area is 157 Å². The van der Waals surface area contributed by atoms with Crippen molar-refractivity contribution in [3.8, 4) is 0 Å². The summed E-state index contributed by atoms with van der Waals surface area (Å²) >= 11 is 7.46. The number of amides is 1. The second kappa shape index (κ2) is 7.15. The van der Waals surface area contributed by atoms with E-state index in [0.717, 1.165) is 11.3 Å². The van der Waals surface area contributed by atoms with E-state index >= 15 is 0 Å². The molecule has 6 nitrogen and oxygen atoms in total. The number of carboxylic acid groups (broad SMARTS) is 1. The Morgan fingerprint density at radius 1 is 1.08 bits per heavy atom. The lowest BCUT2D eigenvalue weighted by Crippen LogP contribution is -2.10. The third-order valence-electron chi connectivity index (χ3n) is 3.65. The first-order valence-corrected chi connectivity index (χ1v) is 8.55. The van der Waals surface area contributed by atoms with E-state index in [1.165, 1.54) is 31.4 Å². The Morgan fingerprint density at radius 2 is 1.73 bits per heavy atom. The van der Waals surface area contributed by atoms with Crippen LogP contribution in [-0.4, -0.2) is 30.1 Å². The predicted molar refractivity (Wildman–Crippen MR) is 99.5 cm³/mol. The van der Waals surface area contributed by atoms with Crippen molar-refractivity contribution in [2.24, 2.45) is 0 Å². The summed E-state index contributed by atoms with van der Waals surface area (Å²) in [6.45, 7) is 0. The van der Waals surface area contributed by atoms with Crippen molar-refractivity contribution in [3.63, 3.8) is 0 Å². The molecule has 0 saturated carbocycles. The van der Waals surface area contributed by atoms with Crippen LogP contribution in [0.25, 0.3) is 10.1 Å². The SMILES string of the molecule is COC(=O)c1ccc2c(Cl)c(C(=O)Nc3ccc(C(=O)O)cc3)sc2c1. The van der Waals surface area contributed by atoms with E-state index in [2.05, 4.69) is 10.1 Å². The number of fused-ring (bicyclic) bond motifs is 1. The van der Waals surface area contributed by atoms with Gasteiger partial charge in [0.2, 0.25) is 0 Å². The van der Waals surface area contributed by atoms with Gasteiger partial charge in [0.1, 0.15) is 4.88 Å². The molecule has 2 aromatic carbocycles. The number of nitrogens with one attached hydrogen (secondary N) is 1. The number of carboxylic acids is 1. The summed E-state index contributed by atoms with van der Waals surface area (Å²) < 4.78 is 5.37. The van der Waals surface area contributed by atoms with Crippen molar-refractivity contribution in [1.29, 1.82) is 0 Å². The van der Waals surface area contributed by atoms with Gasteiger partial charge in [0.25, 0.3) is 5.91 Å². The minimum atomic E-state index is -1.04. The summed E-state index contributed by atoms with van der Waals surface area (Å²) in [6.07, 6.45) is 0. The highest BCUT2D eigenvalue weighted by atomic mass is 35.5. The molecule has 2 N–H and O–H groups in total. The van der Waals surface area contributed by atoms with Gasteiger partial charge in [0.05, 0.1) is 23.3 Å². The van der Waals surface area contributed by atoms with Crippen LogP contribution in [-0.2, 0) is 4.74 Å². The lowest BCUT2D eigenvalue weighted by atomic mass is 10.1. The van der Waals surface area contributed by atoms with E-state index in [0.29, 0.717) is 31.2 Å². The predicted octanol–water partition coefficient (Wildman–Crippen LogP) is 4.29. The van der Waals surface area contributed by atoms with Gasteiger partial charge < -0.3 is 15.2 Å². The number of methoxy groups -OCH3 is 1. The Balaban J connectivity index is 1.89. The van der Waals surface area contributed by atoms with Crippen molar-refractivity contribution in [1.82, 2.24) is 0 Å². The molecule has 3 aromatic rings. The number of rotatable bonds is 4. The summed E-state index contributed by atoms with van der Waals surface area (Å²) in [6, 6.07) is 10.7. The average molecular weight is 390 g/mol. The first-order chi connectivity index (χ1) is 12.4. The molecule has 0 radical (unpaired) electrons. The summed E-state index contributed by atoms with van der Waals surface area (Å²) in [5.41, 5.74) is 0.941. The van der Waals surface area contributed by atoms with E-state index in [1.807, 2.05) is 0 Å². The maximum Gasteiger partial charge on any atom is 0.337 e. The molecule has 1 aromatic heterocycles. The molecule has 0 atom stereocenters. The molecule has 1 amide bonds. The molecule has 8 heteroatoms. The van der Waals surface area contributed by atoms with E-state index in [9.17, 15) is 14.4 Å². The van der Waals surface area contributed by atoms with Crippen LogP contribution in [0.1, 0.15) is 30.4 Å². The van der Waals surface area contributed by atoms with Crippen LogP contribution in [0, 0.1) is 0 Å². The maximum atomic E-state index is 12.5. The second-order valence-corrected chi connectivity index (χ2v) is 6.71. The molecule has 132 valence electrons. The van der Waals surface area contributed by atoms with Gasteiger partial charge in [-0.1, -0.05) is 17.7 Å². The van der Waals surface area contributed by atoms with Gasteiger partial charge in [0, 0.05) is 15.8 Å². The van der Waals surface area contributed by atoms with Gasteiger partial charge in [-0.2, -0.15) is 0 Å². The number of carbonyl (C=O) groups excluding carboxylic acids is 2. The third-order valence-corrected chi connectivity index (χ3v) is 5.30. The number of halogens is 1. The van der Waals surface area contributed by atoms with Crippen molar-refractivity contribution in [2.75, 3.05) is 12.4 Å². The zero-order valence-electron chi connectivity index (χ0n) is 13.4. The number of aromatic carboxylic acids is 1. The van der Waals surface area contributed by atoms with Gasteiger partial charge in [-0.25, -0.2) is 9.59 Å². The molecule has 0 spiro atoms. The van der Waals surface area contributed by atoms with Crippen molar-refractivity contribution >= 4 is 56.6 Å². The Bertz CT molecular complexity index is 1030. The highest BCUT2D eigenvalue weighted by molar-refractivity contribution is 7.21. The fraction of sp³-hybridized carbons (Fsp3) is 0.0556. The summed E-state index contributed by atoms with van der Waals surface area (Å²) in [5, 5.41) is 12.5. The van der Waals surface area contributed by atoms with E-state index in [4.69, 9.17) is 16.7 Å². The third kappa shape index (κ3) is 3.40. The smallest absolute Gasteiger partial charge is 0.337 e. The van der Waals surface area contributed by atoms with Crippen LogP contribution in [0.5, 0.6) is 0 Å². The van der Waals surface area contributed by atoms with Crippen LogP contribution < -0.4 is 5.32 Å². The minimum absolute atomic E-state index is 0.123. The van der Waals surface area contributed by atoms with Gasteiger partial charge >= 0.3 is 11.9 Å². The van der Waals surface area contributed by atoms with Crippen molar-refractivity contribution < 1.29 is 24.2 Å². The molecule has 0 bridgehead atoms. The van der Waals surface area contributed by atoms with E-state index in [-0.39, 0.29) is 5.56 Å². The highest BCUT2D eigenvalue weighted by Crippen LogP contribution is 2.36. The largest absolute Gasteiger partial charge is 0.478 e. The van der Waals surface area contributed by atoms with Crippen LogP contribution in [0.15, 0.2) is 42.5 Å². The summed E-state index contributed by atoms with van der Waals surface area (Å²) in [4.78, 5) is 35.3. The average Bonchev–Trinajstić information content (AvgIpc) is 2.97. The van der Waals surface area contributed by atoms with Crippen molar-refractivity contribution in [2.45, 2.75) is 0 Å². The first-order valence-electron chi connectivity index (χ1n) is 7.35. The summed E-state index contributed by atoms with van der Waals surface area (Å²) in [7, 11) is 1.29. The van der Waals surface area contributed by atoms with Gasteiger partial charge in [-0.05, 0) is 36.4 Å². The van der Waals surface area contributed by atoms with Crippen LogP contribution in [0.4, 0.5) is 5.69 Å². The molecule has 1 heterocycles. The highest BCUT2D eigenvalue weighted by Gasteiger charge is 2.19. The second-order valence-electron chi connectivity index (χ2n) is 5.28. The molecular formula is C18H12ClNO5S. The molecule has 0 aliphatic carbocycles. The zero-order valence-corrected chi connectivity index (χ0v) is 15.0. The fourth-order valence-electron chi connectivity index (χ4n) is 2.34. The molecule has 0 saturated heterocycles. The maximum absolute atomic E-state index is 12.5. The van der Waals surface area contributed by atoms with E-state index < -0.39 is 17.8 Å². The number of ether oxygens (including phenoxy) is 1. The fourth-order valence-corrected chi connectivity index (χ4v) is 3.79. The Kier molecular flexibility index (Phi) is 4.92. The number of esters is 1. The standard InChI is InChI=1S/C18H12ClNO5S/c1-25-18(24)10-4-7-12-13(8-10)26-15(14(12)19)16(21)20-11-5-2-9(3-6-11)17(22)23/h2-8H,1H3,(H,20,21)(H,22,23). The van der Waals surface area contributed by atoms with Crippen molar-refractivity contribution in [3.05, 3.63) is 63.5 Å². The zero-order chi connectivity index (χ0) is 18.8. The number of carbonyl (C=O) groups is 3. The van der Waals surface area contributed by atoms with Gasteiger partial charge in [-0.3, -0.25) is 4.79 Å². The lowest BCUT2D eigenvalue weighted by Gasteiger charge is -2.04. The molecule has 0 aliphatic heterocycles. The molecule has 3 rings (SSSR count). The summed E-state index contributed by atoms with van der Waals surface area (Å²) in [5.74, 6) is -1.93. The Morgan fingerprint density at radius 3 is 2.35 bits per heavy atom. The number of benzene rings is 2. The molecular weight excluding hydrogens is 378 g/mol. The molecule has 0 unspecified atom stereocenters. The van der Waals surface area contributed by atoms with E-state index in [1.54, 1.807) is 18.2 Å². The normalized spacial score (nSPS) is 10.5. The number of anilines is 1. The Hall–Kier alpha value is -2.90. The van der Waals surface area contributed by atoms with Crippen LogP contribution in [0.3, 0.4) is 0 Å². The van der Waals surface area contributed by atoms with Gasteiger partial charge in [-0.15, -0.1) is 11.3 Å². The number of thiophene rings is 1. The topological polar surface area (TPSA) is 92.7 Å². The number of hydrogen-bond donors (Lipinski definition) is 2. The monoisotopic (exact) mass is 389 g/mol. The quantitative estimate of drug-likeness (QED) is 0.649. The van der Waals surface area contributed by atoms with Crippen LogP contribution >= 0.6 is 22.9 Å². The molecule has 0 fully saturated rings. The number of hydrogen-bond acceptors (Lipinski definition) is 5.